The molecule has 1 aromatic rings. The molecular weight excluding hydrogens is 252 g/mol. The number of nitrogens with one attached hydrogen (secondary N) is 1. The summed E-state index contributed by atoms with van der Waals surface area (Å²) in [7, 11) is 0. The Labute approximate surface area is 112 Å². The number of carbonyl (C=O) groups is 1. The molecule has 0 saturated carbocycles. The van der Waals surface area contributed by atoms with E-state index in [1.54, 1.807) is 32.0 Å². The van der Waals surface area contributed by atoms with Gasteiger partial charge in [0.1, 0.15) is 0 Å². The zero-order valence-corrected chi connectivity index (χ0v) is 11.1. The van der Waals surface area contributed by atoms with Gasteiger partial charge in [-0.2, -0.15) is 5.26 Å². The minimum atomic E-state index is -0.272. The minimum absolute atomic E-state index is 0.252. The van der Waals surface area contributed by atoms with Crippen molar-refractivity contribution < 1.29 is 9.53 Å². The lowest BCUT2D eigenvalue weighted by Crippen LogP contribution is -2.22. The summed E-state index contributed by atoms with van der Waals surface area (Å²) in [5.41, 5.74) is 1.16. The van der Waals surface area contributed by atoms with Crippen molar-refractivity contribution in [2.24, 2.45) is 5.92 Å². The average molecular weight is 267 g/mol. The highest BCUT2D eigenvalue weighted by atomic mass is 35.5. The first-order valence-electron chi connectivity index (χ1n) is 5.68. The first-order valence-corrected chi connectivity index (χ1v) is 6.06. The van der Waals surface area contributed by atoms with Gasteiger partial charge in [-0.05, 0) is 25.1 Å². The van der Waals surface area contributed by atoms with E-state index in [1.165, 1.54) is 0 Å². The highest BCUT2D eigenvalue weighted by Gasteiger charge is 2.14. The maximum atomic E-state index is 11.4. The van der Waals surface area contributed by atoms with E-state index in [1.807, 2.05) is 6.07 Å². The van der Waals surface area contributed by atoms with Gasteiger partial charge in [0.05, 0.1) is 34.9 Å². The third-order valence-electron chi connectivity index (χ3n) is 2.38. The predicted molar refractivity (Wildman–Crippen MR) is 70.5 cm³/mol. The van der Waals surface area contributed by atoms with Crippen LogP contribution in [0.15, 0.2) is 18.2 Å². The van der Waals surface area contributed by atoms with Crippen LogP contribution in [0.5, 0.6) is 0 Å². The molecule has 0 aliphatic heterocycles. The Hall–Kier alpha value is -1.73. The molecule has 96 valence electrons. The second-order valence-corrected chi connectivity index (χ2v) is 4.25. The van der Waals surface area contributed by atoms with Gasteiger partial charge in [-0.1, -0.05) is 18.5 Å². The smallest absolute Gasteiger partial charge is 0.310 e. The molecule has 18 heavy (non-hydrogen) atoms. The van der Waals surface area contributed by atoms with Gasteiger partial charge in [-0.15, -0.1) is 0 Å². The minimum Gasteiger partial charge on any atom is -0.466 e. The molecule has 1 atom stereocenters. The zero-order valence-electron chi connectivity index (χ0n) is 10.4. The van der Waals surface area contributed by atoms with Crippen molar-refractivity contribution in [2.75, 3.05) is 18.5 Å². The van der Waals surface area contributed by atoms with Gasteiger partial charge < -0.3 is 10.1 Å². The fourth-order valence-corrected chi connectivity index (χ4v) is 1.55. The van der Waals surface area contributed by atoms with Crippen molar-refractivity contribution in [3.05, 3.63) is 28.8 Å². The van der Waals surface area contributed by atoms with Crippen LogP contribution in [0.3, 0.4) is 0 Å². The fourth-order valence-electron chi connectivity index (χ4n) is 1.36. The van der Waals surface area contributed by atoms with Crippen molar-refractivity contribution in [2.45, 2.75) is 13.8 Å². The van der Waals surface area contributed by atoms with Crippen molar-refractivity contribution in [1.82, 2.24) is 0 Å². The van der Waals surface area contributed by atoms with Crippen LogP contribution in [0.4, 0.5) is 5.69 Å². The number of nitriles is 1. The summed E-state index contributed by atoms with van der Waals surface area (Å²) in [6.45, 7) is 4.32. The lowest BCUT2D eigenvalue weighted by molar-refractivity contribution is -0.146. The van der Waals surface area contributed by atoms with Gasteiger partial charge in [0.15, 0.2) is 0 Å². The molecule has 0 bridgehead atoms. The standard InChI is InChI=1S/C13H15ClN2O2/c1-3-18-13(17)9(2)8-16-12-6-10(7-15)4-5-11(12)14/h4-6,9,16H,3,8H2,1-2H3. The summed E-state index contributed by atoms with van der Waals surface area (Å²) in [6.07, 6.45) is 0. The molecule has 1 aromatic carbocycles. The number of carbonyl (C=O) groups excluding carboxylic acids is 1. The zero-order chi connectivity index (χ0) is 13.5. The maximum absolute atomic E-state index is 11.4. The van der Waals surface area contributed by atoms with Gasteiger partial charge >= 0.3 is 5.97 Å². The van der Waals surface area contributed by atoms with Crippen LogP contribution in [0.1, 0.15) is 19.4 Å². The number of ether oxygens (including phenoxy) is 1. The molecule has 0 amide bonds. The van der Waals surface area contributed by atoms with E-state index in [2.05, 4.69) is 5.32 Å². The Morgan fingerprint density at radius 3 is 2.94 bits per heavy atom. The molecule has 0 aromatic heterocycles. The van der Waals surface area contributed by atoms with Crippen LogP contribution in [0, 0.1) is 17.2 Å². The Balaban J connectivity index is 2.63. The number of halogens is 1. The quantitative estimate of drug-likeness (QED) is 0.833. The van der Waals surface area contributed by atoms with Crippen LogP contribution >= 0.6 is 11.6 Å². The molecule has 4 nitrogen and oxygen atoms in total. The Morgan fingerprint density at radius 1 is 1.61 bits per heavy atom. The van der Waals surface area contributed by atoms with E-state index in [9.17, 15) is 4.79 Å². The number of anilines is 1. The molecule has 0 spiro atoms. The Bertz CT molecular complexity index is 469. The lowest BCUT2D eigenvalue weighted by atomic mass is 10.1. The molecule has 1 N–H and O–H groups in total. The first-order chi connectivity index (χ1) is 8.58. The van der Waals surface area contributed by atoms with E-state index in [0.717, 1.165) is 0 Å². The van der Waals surface area contributed by atoms with Crippen LogP contribution in [0.25, 0.3) is 0 Å². The highest BCUT2D eigenvalue weighted by molar-refractivity contribution is 6.33. The van der Waals surface area contributed by atoms with E-state index < -0.39 is 0 Å². The van der Waals surface area contributed by atoms with E-state index >= 15 is 0 Å². The highest BCUT2D eigenvalue weighted by Crippen LogP contribution is 2.23. The fraction of sp³-hybridized carbons (Fsp3) is 0.385. The van der Waals surface area contributed by atoms with Crippen LogP contribution in [-0.2, 0) is 9.53 Å². The van der Waals surface area contributed by atoms with Crippen LogP contribution in [0.2, 0.25) is 5.02 Å². The van der Waals surface area contributed by atoms with Crippen molar-refractivity contribution in [3.63, 3.8) is 0 Å². The molecule has 0 saturated heterocycles. The van der Waals surface area contributed by atoms with Crippen LogP contribution in [-0.4, -0.2) is 19.1 Å². The summed E-state index contributed by atoms with van der Waals surface area (Å²) in [4.78, 5) is 11.4. The van der Waals surface area contributed by atoms with Gasteiger partial charge in [-0.3, -0.25) is 4.79 Å². The van der Waals surface area contributed by atoms with Gasteiger partial charge in [0.25, 0.3) is 0 Å². The molecule has 1 rings (SSSR count). The second kappa shape index (κ2) is 6.87. The number of nitrogens with zero attached hydrogens (tertiary/aromatic N) is 1. The monoisotopic (exact) mass is 266 g/mol. The third-order valence-corrected chi connectivity index (χ3v) is 2.71. The van der Waals surface area contributed by atoms with Crippen LogP contribution < -0.4 is 5.32 Å². The number of rotatable bonds is 5. The number of hydrogen-bond donors (Lipinski definition) is 1. The Kier molecular flexibility index (Phi) is 5.47. The molecule has 1 unspecified atom stereocenters. The van der Waals surface area contributed by atoms with E-state index in [0.29, 0.717) is 29.4 Å². The average Bonchev–Trinajstić information content (AvgIpc) is 2.37. The SMILES string of the molecule is CCOC(=O)C(C)CNc1cc(C#N)ccc1Cl. The van der Waals surface area contributed by atoms with Crippen molar-refractivity contribution in [3.8, 4) is 6.07 Å². The van der Waals surface area contributed by atoms with Gasteiger partial charge in [-0.25, -0.2) is 0 Å². The summed E-state index contributed by atoms with van der Waals surface area (Å²) < 4.78 is 4.90. The Morgan fingerprint density at radius 2 is 2.33 bits per heavy atom. The molecule has 0 aliphatic carbocycles. The molecular formula is C13H15ClN2O2. The van der Waals surface area contributed by atoms with Gasteiger partial charge in [0.2, 0.25) is 0 Å². The molecule has 0 aliphatic rings. The maximum Gasteiger partial charge on any atom is 0.310 e. The first kappa shape index (κ1) is 14.3. The predicted octanol–water partition coefficient (Wildman–Crippen LogP) is 2.82. The normalized spacial score (nSPS) is 11.4. The van der Waals surface area contributed by atoms with E-state index in [4.69, 9.17) is 21.6 Å². The lowest BCUT2D eigenvalue weighted by Gasteiger charge is -2.13. The molecule has 0 radical (unpaired) electrons. The molecule has 0 heterocycles. The van der Waals surface area contributed by atoms with E-state index in [-0.39, 0.29) is 11.9 Å². The number of esters is 1. The van der Waals surface area contributed by atoms with Gasteiger partial charge in [0, 0.05) is 6.54 Å². The molecule has 5 heteroatoms. The third kappa shape index (κ3) is 3.94. The van der Waals surface area contributed by atoms with Crippen molar-refractivity contribution >= 4 is 23.3 Å². The summed E-state index contributed by atoms with van der Waals surface area (Å²) in [5.74, 6) is -0.524. The molecule has 0 fully saturated rings. The topological polar surface area (TPSA) is 62.1 Å². The summed E-state index contributed by atoms with van der Waals surface area (Å²) in [6, 6.07) is 6.98. The number of benzene rings is 1. The summed E-state index contributed by atoms with van der Waals surface area (Å²) in [5, 5.41) is 12.4. The largest absolute Gasteiger partial charge is 0.466 e. The number of hydrogen-bond acceptors (Lipinski definition) is 4. The van der Waals surface area contributed by atoms with Crippen molar-refractivity contribution in [1.29, 1.82) is 5.26 Å². The summed E-state index contributed by atoms with van der Waals surface area (Å²) >= 11 is 5.99. The second-order valence-electron chi connectivity index (χ2n) is 3.84.